The molecule has 0 bridgehead atoms. The number of thioether (sulfide) groups is 1. The smallest absolute Gasteiger partial charge is 0.123 e. The van der Waals surface area contributed by atoms with E-state index in [2.05, 4.69) is 315 Å². The van der Waals surface area contributed by atoms with Crippen LogP contribution in [0.1, 0.15) is 363 Å². The molecule has 0 radical (unpaired) electrons. The van der Waals surface area contributed by atoms with E-state index in [0.29, 0.717) is 51.1 Å². The van der Waals surface area contributed by atoms with E-state index in [1.807, 2.05) is 12.1 Å². The van der Waals surface area contributed by atoms with E-state index in [0.717, 1.165) is 89.5 Å². The molecule has 0 spiro atoms. The molecule has 0 fully saturated rings. The number of benzene rings is 6. The molecule has 0 aliphatic carbocycles. The van der Waals surface area contributed by atoms with Crippen molar-refractivity contribution in [3.8, 4) is 28.7 Å². The summed E-state index contributed by atoms with van der Waals surface area (Å²) in [7, 11) is 0. The lowest BCUT2D eigenvalue weighted by Crippen LogP contribution is -2.19. The van der Waals surface area contributed by atoms with E-state index in [1.165, 1.54) is 61.2 Å². The van der Waals surface area contributed by atoms with Gasteiger partial charge in [0.25, 0.3) is 0 Å². The fourth-order valence-corrected chi connectivity index (χ4v) is 15.4. The monoisotopic (exact) mass is 1360 g/mol. The SMILES string of the molecule is CC(CCC(SC(CCC(C)C(C)(C)C)c1ccc(O)c(C(C)(C)C)c1)c1ccc(O)c(C(C)(C)C)c1)C(C)(C)C.Cc1c(Cc2cc(C(C)(C)C)c(O)c(C(C)(C)C)c2)c(C)c(Cc2cc(C(C)(C)C)c(O)c(C(C)(C)C)c2)c(C)c1Cc1cc(C(C)(C)C)c(O)c(C(C)(C)C)c1. The molecule has 6 rings (SSSR count). The van der Waals surface area contributed by atoms with Gasteiger partial charge in [0.15, 0.2) is 0 Å². The maximum Gasteiger partial charge on any atom is 0.123 e. The molecule has 4 atom stereocenters. The molecular formula is C92H140O5S. The van der Waals surface area contributed by atoms with Crippen LogP contribution in [0.25, 0.3) is 0 Å². The van der Waals surface area contributed by atoms with E-state index in [-0.39, 0.29) is 54.1 Å². The summed E-state index contributed by atoms with van der Waals surface area (Å²) in [5.41, 5.74) is 21.0. The molecule has 0 amide bonds. The first-order chi connectivity index (χ1) is 44.1. The summed E-state index contributed by atoms with van der Waals surface area (Å²) in [6.07, 6.45) is 6.73. The van der Waals surface area contributed by atoms with Crippen molar-refractivity contribution in [2.24, 2.45) is 22.7 Å². The van der Waals surface area contributed by atoms with E-state index < -0.39 is 0 Å². The lowest BCUT2D eigenvalue weighted by atomic mass is 9.75. The predicted molar refractivity (Wildman–Crippen MR) is 428 cm³/mol. The van der Waals surface area contributed by atoms with Crippen LogP contribution in [0.4, 0.5) is 0 Å². The standard InChI is InChI=1S/C54H78O3.C38H62O2S/c1-31-37(22-34-25-40(49(4,5)6)46(55)41(26-34)50(7,8)9)32(2)39(24-36-29-44(53(16,17)18)48(57)45(30-36)54(19,20)21)33(3)38(31)23-35-27-42(51(10,11)12)47(56)43(28-35)52(13,14)15;1-25(35(3,4)5)15-21-33(27-17-19-31(39)29(23-27)37(9,10)11)41-34(22-16-26(2)36(6,7)8)28-18-20-32(40)30(24-28)38(12,13)14/h25-30,55-57H,22-24H2,1-21H3;17-20,23-26,33-34,39-40H,15-16,21-22H2,1-14H3. The number of rotatable bonds is 16. The molecule has 0 aliphatic rings. The fraction of sp³-hybridized carbons (Fsp3) is 0.609. The second kappa shape index (κ2) is 29.9. The van der Waals surface area contributed by atoms with Gasteiger partial charge in [-0.3, -0.25) is 0 Å². The van der Waals surface area contributed by atoms with Crippen molar-refractivity contribution in [2.45, 2.75) is 341 Å². The number of aromatic hydroxyl groups is 5. The molecule has 98 heavy (non-hydrogen) atoms. The molecule has 4 unspecified atom stereocenters. The van der Waals surface area contributed by atoms with Crippen molar-refractivity contribution < 1.29 is 25.5 Å². The van der Waals surface area contributed by atoms with Crippen LogP contribution in [-0.2, 0) is 62.6 Å². The molecule has 6 heteroatoms. The molecule has 544 valence electrons. The molecule has 0 aromatic heterocycles. The normalized spacial score (nSPS) is 14.6. The Morgan fingerprint density at radius 1 is 0.286 bits per heavy atom. The highest BCUT2D eigenvalue weighted by molar-refractivity contribution is 7.99. The quantitative estimate of drug-likeness (QED) is 0.0662. The molecule has 0 heterocycles. The Labute approximate surface area is 604 Å². The van der Waals surface area contributed by atoms with Gasteiger partial charge in [0.05, 0.1) is 0 Å². The van der Waals surface area contributed by atoms with E-state index in [9.17, 15) is 25.5 Å². The van der Waals surface area contributed by atoms with Gasteiger partial charge >= 0.3 is 0 Å². The van der Waals surface area contributed by atoms with Crippen LogP contribution in [-0.4, -0.2) is 25.5 Å². The van der Waals surface area contributed by atoms with Crippen molar-refractivity contribution in [3.63, 3.8) is 0 Å². The molecule has 5 N–H and O–H groups in total. The molecule has 6 aromatic carbocycles. The Kier molecular flexibility index (Phi) is 25.5. The first kappa shape index (κ1) is 83.3. The van der Waals surface area contributed by atoms with Crippen LogP contribution in [0, 0.1) is 43.4 Å². The largest absolute Gasteiger partial charge is 0.508 e. The third kappa shape index (κ3) is 20.9. The Morgan fingerprint density at radius 3 is 0.673 bits per heavy atom. The molecule has 0 saturated carbocycles. The van der Waals surface area contributed by atoms with Crippen LogP contribution >= 0.6 is 11.8 Å². The third-order valence-electron chi connectivity index (χ3n) is 21.6. The summed E-state index contributed by atoms with van der Waals surface area (Å²) in [4.78, 5) is 0. The zero-order chi connectivity index (χ0) is 75.3. The lowest BCUT2D eigenvalue weighted by molar-refractivity contribution is 0.241. The van der Waals surface area contributed by atoms with Gasteiger partial charge in [0.1, 0.15) is 28.7 Å². The van der Waals surface area contributed by atoms with Crippen LogP contribution < -0.4 is 0 Å². The Morgan fingerprint density at radius 2 is 0.490 bits per heavy atom. The first-order valence-corrected chi connectivity index (χ1v) is 38.0. The molecular weight excluding hydrogens is 1220 g/mol. The average molecular weight is 1360 g/mol. The highest BCUT2D eigenvalue weighted by Crippen LogP contribution is 2.52. The topological polar surface area (TPSA) is 101 Å². The van der Waals surface area contributed by atoms with Crippen LogP contribution in [0.15, 0.2) is 72.8 Å². The van der Waals surface area contributed by atoms with E-state index >= 15 is 0 Å². The highest BCUT2D eigenvalue weighted by atomic mass is 32.2. The van der Waals surface area contributed by atoms with Crippen molar-refractivity contribution in [1.29, 1.82) is 0 Å². The minimum Gasteiger partial charge on any atom is -0.508 e. The summed E-state index contributed by atoms with van der Waals surface area (Å²) in [5, 5.41) is 57.0. The Balaban J connectivity index is 0.000000374. The van der Waals surface area contributed by atoms with Crippen molar-refractivity contribution >= 4 is 11.8 Å². The lowest BCUT2D eigenvalue weighted by Gasteiger charge is -2.33. The average Bonchev–Trinajstić information content (AvgIpc) is 0.762. The summed E-state index contributed by atoms with van der Waals surface area (Å²) < 4.78 is 0. The second-order valence-corrected chi connectivity index (χ2v) is 41.7. The highest BCUT2D eigenvalue weighted by Gasteiger charge is 2.34. The van der Waals surface area contributed by atoms with Gasteiger partial charge in [0.2, 0.25) is 0 Å². The Bertz CT molecular complexity index is 3280. The predicted octanol–water partition coefficient (Wildman–Crippen LogP) is 26.4. The summed E-state index contributed by atoms with van der Waals surface area (Å²) in [5.74, 6) is 3.20. The van der Waals surface area contributed by atoms with Gasteiger partial charge < -0.3 is 25.5 Å². The van der Waals surface area contributed by atoms with Crippen LogP contribution in [0.3, 0.4) is 0 Å². The molecule has 0 aliphatic heterocycles. The molecule has 5 nitrogen and oxygen atoms in total. The van der Waals surface area contributed by atoms with E-state index in [1.54, 1.807) is 0 Å². The molecule has 6 aromatic rings. The van der Waals surface area contributed by atoms with Gasteiger partial charge in [-0.1, -0.05) is 282 Å². The summed E-state index contributed by atoms with van der Waals surface area (Å²) >= 11 is 2.09. The van der Waals surface area contributed by atoms with Crippen molar-refractivity contribution in [1.82, 2.24) is 0 Å². The van der Waals surface area contributed by atoms with Crippen molar-refractivity contribution in [3.05, 3.63) is 179 Å². The molecule has 0 saturated heterocycles. The second-order valence-electron chi connectivity index (χ2n) is 40.3. The zero-order valence-corrected chi connectivity index (χ0v) is 69.6. The number of phenols is 5. The van der Waals surface area contributed by atoms with Crippen molar-refractivity contribution in [2.75, 3.05) is 0 Å². The van der Waals surface area contributed by atoms with Crippen LogP contribution in [0.5, 0.6) is 28.7 Å². The minimum atomic E-state index is -0.226. The Hall–Kier alpha value is -5.33. The third-order valence-corrected chi connectivity index (χ3v) is 23.3. The van der Waals surface area contributed by atoms with Crippen LogP contribution in [0.2, 0.25) is 0 Å². The van der Waals surface area contributed by atoms with Gasteiger partial charge in [-0.05, 0) is 250 Å². The number of hydrogen-bond acceptors (Lipinski definition) is 6. The first-order valence-electron chi connectivity index (χ1n) is 37.1. The summed E-state index contributed by atoms with van der Waals surface area (Å²) in [6, 6.07) is 26.1. The van der Waals surface area contributed by atoms with Gasteiger partial charge in [-0.15, -0.1) is 11.8 Å². The van der Waals surface area contributed by atoms with Gasteiger partial charge in [-0.2, -0.15) is 0 Å². The van der Waals surface area contributed by atoms with Gasteiger partial charge in [0, 0.05) is 10.5 Å². The fourth-order valence-electron chi connectivity index (χ4n) is 13.8. The van der Waals surface area contributed by atoms with Gasteiger partial charge in [-0.25, -0.2) is 0 Å². The van der Waals surface area contributed by atoms with E-state index in [4.69, 9.17) is 0 Å². The number of hydrogen-bond donors (Lipinski definition) is 5. The zero-order valence-electron chi connectivity index (χ0n) is 68.8. The minimum absolute atomic E-state index is 0.131. The number of phenolic OH excluding ortho intramolecular Hbond substituents is 5. The maximum atomic E-state index is 11.6. The maximum absolute atomic E-state index is 11.6. The summed E-state index contributed by atoms with van der Waals surface area (Å²) in [6.45, 7) is 78.1.